The van der Waals surface area contributed by atoms with Gasteiger partial charge in [-0.3, -0.25) is 0 Å². The third kappa shape index (κ3) is 2.56. The summed E-state index contributed by atoms with van der Waals surface area (Å²) in [5.74, 6) is 0.866. The SMILES string of the molecule is c1ccc2c(c1)NC(c1ccc(-n3c4ccccc4c4ccccc43)c3oc4ccccc4c13)O2. The zero-order chi connectivity index (χ0) is 22.9. The van der Waals surface area contributed by atoms with E-state index >= 15 is 0 Å². The molecule has 7 aromatic rings. The van der Waals surface area contributed by atoms with Crippen LogP contribution >= 0.6 is 0 Å². The lowest BCUT2D eigenvalue weighted by atomic mass is 10.0. The Morgan fingerprint density at radius 1 is 0.629 bits per heavy atom. The van der Waals surface area contributed by atoms with Crippen LogP contribution in [0.3, 0.4) is 0 Å². The molecule has 4 nitrogen and oxygen atoms in total. The van der Waals surface area contributed by atoms with Gasteiger partial charge in [-0.15, -0.1) is 0 Å². The maximum Gasteiger partial charge on any atom is 0.197 e. The van der Waals surface area contributed by atoms with Gasteiger partial charge in [0, 0.05) is 27.1 Å². The summed E-state index contributed by atoms with van der Waals surface area (Å²) in [7, 11) is 0. The largest absolute Gasteiger partial charge is 0.464 e. The fraction of sp³-hybridized carbons (Fsp3) is 0.0323. The quantitative estimate of drug-likeness (QED) is 0.287. The van der Waals surface area contributed by atoms with Crippen LogP contribution in [0.4, 0.5) is 5.69 Å². The monoisotopic (exact) mass is 452 g/mol. The van der Waals surface area contributed by atoms with Crippen LogP contribution in [0, 0.1) is 0 Å². The lowest BCUT2D eigenvalue weighted by Gasteiger charge is -2.15. The second-order valence-corrected chi connectivity index (χ2v) is 8.98. The standard InChI is InChI=1S/C31H20N2O2/c1-5-13-24-19(9-1)20-10-2-6-14-25(20)33(24)26-18-17-22(31-32-23-12-4-8-16-28(23)35-31)29-21-11-3-7-15-27(21)34-30(26)29/h1-18,31-32H. The zero-order valence-electron chi connectivity index (χ0n) is 18.7. The van der Waals surface area contributed by atoms with E-state index in [4.69, 9.17) is 9.15 Å². The molecule has 1 unspecified atom stereocenters. The third-order valence-corrected chi connectivity index (χ3v) is 7.06. The van der Waals surface area contributed by atoms with E-state index in [1.54, 1.807) is 0 Å². The Hall–Kier alpha value is -4.70. The van der Waals surface area contributed by atoms with Gasteiger partial charge in [0.25, 0.3) is 0 Å². The van der Waals surface area contributed by atoms with E-state index in [-0.39, 0.29) is 6.23 Å². The molecule has 4 heteroatoms. The third-order valence-electron chi connectivity index (χ3n) is 7.06. The molecule has 5 aromatic carbocycles. The number of nitrogens with one attached hydrogen (secondary N) is 1. The Balaban J connectivity index is 1.45. The highest BCUT2D eigenvalue weighted by Gasteiger charge is 2.28. The van der Waals surface area contributed by atoms with Gasteiger partial charge in [0.05, 0.1) is 22.4 Å². The Bertz CT molecular complexity index is 1850. The molecule has 35 heavy (non-hydrogen) atoms. The van der Waals surface area contributed by atoms with Crippen molar-refractivity contribution in [1.29, 1.82) is 0 Å². The highest BCUT2D eigenvalue weighted by atomic mass is 16.5. The van der Waals surface area contributed by atoms with Gasteiger partial charge < -0.3 is 19.0 Å². The van der Waals surface area contributed by atoms with Gasteiger partial charge in [-0.05, 0) is 36.4 Å². The number of hydrogen-bond donors (Lipinski definition) is 1. The Morgan fingerprint density at radius 3 is 2.06 bits per heavy atom. The highest BCUT2D eigenvalue weighted by Crippen LogP contribution is 2.44. The van der Waals surface area contributed by atoms with E-state index < -0.39 is 0 Å². The topological polar surface area (TPSA) is 39.3 Å². The minimum absolute atomic E-state index is 0.289. The molecule has 0 saturated heterocycles. The van der Waals surface area contributed by atoms with Gasteiger partial charge in [-0.1, -0.05) is 72.8 Å². The van der Waals surface area contributed by atoms with Crippen LogP contribution < -0.4 is 10.1 Å². The number of aromatic nitrogens is 1. The van der Waals surface area contributed by atoms with Crippen LogP contribution in [0.25, 0.3) is 49.4 Å². The van der Waals surface area contributed by atoms with Crippen LogP contribution in [-0.2, 0) is 0 Å². The maximum absolute atomic E-state index is 6.58. The van der Waals surface area contributed by atoms with Crippen LogP contribution in [-0.4, -0.2) is 4.57 Å². The maximum atomic E-state index is 6.58. The summed E-state index contributed by atoms with van der Waals surface area (Å²) in [6, 6.07) is 37.7. The highest BCUT2D eigenvalue weighted by molar-refractivity contribution is 6.13. The van der Waals surface area contributed by atoms with Crippen molar-refractivity contribution in [2.24, 2.45) is 0 Å². The van der Waals surface area contributed by atoms with E-state index in [1.807, 2.05) is 36.4 Å². The first-order chi connectivity index (χ1) is 17.4. The van der Waals surface area contributed by atoms with Crippen molar-refractivity contribution >= 4 is 49.4 Å². The average molecular weight is 453 g/mol. The van der Waals surface area contributed by atoms with E-state index in [1.165, 1.54) is 10.8 Å². The molecule has 1 aliphatic rings. The summed E-state index contributed by atoms with van der Waals surface area (Å²) < 4.78 is 15.2. The molecule has 3 heterocycles. The number of nitrogens with zero attached hydrogens (tertiary/aromatic N) is 1. The second-order valence-electron chi connectivity index (χ2n) is 8.98. The van der Waals surface area contributed by atoms with E-state index in [9.17, 15) is 0 Å². The van der Waals surface area contributed by atoms with E-state index in [0.717, 1.165) is 55.7 Å². The van der Waals surface area contributed by atoms with Crippen LogP contribution in [0.15, 0.2) is 114 Å². The van der Waals surface area contributed by atoms with Crippen molar-refractivity contribution in [2.45, 2.75) is 6.23 Å². The molecule has 1 N–H and O–H groups in total. The first-order valence-corrected chi connectivity index (χ1v) is 11.8. The summed E-state index contributed by atoms with van der Waals surface area (Å²) in [5.41, 5.74) is 7.13. The molecular weight excluding hydrogens is 432 g/mol. The zero-order valence-corrected chi connectivity index (χ0v) is 18.7. The fourth-order valence-electron chi connectivity index (χ4n) is 5.54. The molecule has 1 atom stereocenters. The molecule has 0 fully saturated rings. The van der Waals surface area contributed by atoms with Crippen molar-refractivity contribution in [3.05, 3.63) is 115 Å². The number of furan rings is 1. The normalized spacial score (nSPS) is 15.0. The van der Waals surface area contributed by atoms with Crippen LogP contribution in [0.2, 0.25) is 0 Å². The number of ether oxygens (including phenoxy) is 1. The van der Waals surface area contributed by atoms with Crippen molar-refractivity contribution in [1.82, 2.24) is 4.57 Å². The smallest absolute Gasteiger partial charge is 0.197 e. The number of fused-ring (bicyclic) bond motifs is 7. The summed E-state index contributed by atoms with van der Waals surface area (Å²) in [6.07, 6.45) is -0.289. The van der Waals surface area contributed by atoms with Crippen LogP contribution in [0.1, 0.15) is 11.8 Å². The first kappa shape index (κ1) is 18.7. The number of anilines is 1. The number of para-hydroxylation sites is 5. The molecule has 0 amide bonds. The molecule has 0 radical (unpaired) electrons. The first-order valence-electron chi connectivity index (χ1n) is 11.8. The van der Waals surface area contributed by atoms with E-state index in [0.29, 0.717) is 0 Å². The van der Waals surface area contributed by atoms with Gasteiger partial charge in [0.1, 0.15) is 11.3 Å². The number of hydrogen-bond acceptors (Lipinski definition) is 3. The Kier molecular flexibility index (Phi) is 3.69. The average Bonchev–Trinajstić information content (AvgIpc) is 3.60. The summed E-state index contributed by atoms with van der Waals surface area (Å²) in [5, 5.41) is 8.16. The Labute approximate surface area is 201 Å². The number of rotatable bonds is 2. The van der Waals surface area contributed by atoms with Crippen molar-refractivity contribution < 1.29 is 9.15 Å². The molecule has 1 aliphatic heterocycles. The van der Waals surface area contributed by atoms with Gasteiger partial charge >= 0.3 is 0 Å². The molecule has 166 valence electrons. The molecule has 0 saturated carbocycles. The molecule has 0 spiro atoms. The second kappa shape index (κ2) is 6.90. The lowest BCUT2D eigenvalue weighted by Crippen LogP contribution is -2.11. The lowest BCUT2D eigenvalue weighted by molar-refractivity contribution is 0.261. The van der Waals surface area contributed by atoms with Gasteiger partial charge in [-0.25, -0.2) is 0 Å². The molecule has 0 aliphatic carbocycles. The number of benzene rings is 5. The van der Waals surface area contributed by atoms with Gasteiger partial charge in [0.2, 0.25) is 0 Å². The summed E-state index contributed by atoms with van der Waals surface area (Å²) in [4.78, 5) is 0. The van der Waals surface area contributed by atoms with Crippen LogP contribution in [0.5, 0.6) is 5.75 Å². The summed E-state index contributed by atoms with van der Waals surface area (Å²) in [6.45, 7) is 0. The van der Waals surface area contributed by atoms with Crippen molar-refractivity contribution in [2.75, 3.05) is 5.32 Å². The molecule has 8 rings (SSSR count). The Morgan fingerprint density at radius 2 is 1.29 bits per heavy atom. The molecule has 0 bridgehead atoms. The predicted octanol–water partition coefficient (Wildman–Crippen LogP) is 8.19. The van der Waals surface area contributed by atoms with Crippen molar-refractivity contribution in [3.63, 3.8) is 0 Å². The predicted molar refractivity (Wildman–Crippen MR) is 141 cm³/mol. The minimum atomic E-state index is -0.289. The fourth-order valence-corrected chi connectivity index (χ4v) is 5.54. The van der Waals surface area contributed by atoms with E-state index in [2.05, 4.69) is 82.7 Å². The summed E-state index contributed by atoms with van der Waals surface area (Å²) >= 11 is 0. The van der Waals surface area contributed by atoms with Gasteiger partial charge in [0.15, 0.2) is 11.8 Å². The minimum Gasteiger partial charge on any atom is -0.464 e. The van der Waals surface area contributed by atoms with Gasteiger partial charge in [-0.2, -0.15) is 0 Å². The molecule has 2 aromatic heterocycles. The molecular formula is C31H20N2O2. The van der Waals surface area contributed by atoms with Crippen molar-refractivity contribution in [3.8, 4) is 11.4 Å².